The van der Waals surface area contributed by atoms with Gasteiger partial charge in [-0.1, -0.05) is 36.9 Å². The Labute approximate surface area is 120 Å². The lowest BCUT2D eigenvalue weighted by molar-refractivity contribution is -0.150. The number of nitrogens with zero attached hydrogens (tertiary/aromatic N) is 1. The van der Waals surface area contributed by atoms with Crippen molar-refractivity contribution >= 4 is 17.6 Å². The maximum absolute atomic E-state index is 10.9. The number of alkyl halides is 1. The van der Waals surface area contributed by atoms with Crippen LogP contribution in [-0.4, -0.2) is 31.2 Å². The maximum atomic E-state index is 10.9. The first-order valence-corrected chi connectivity index (χ1v) is 6.54. The van der Waals surface area contributed by atoms with Gasteiger partial charge in [-0.3, -0.25) is 4.90 Å². The van der Waals surface area contributed by atoms with Crippen molar-refractivity contribution in [3.63, 3.8) is 0 Å². The Morgan fingerprint density at radius 1 is 1.37 bits per heavy atom. The van der Waals surface area contributed by atoms with Gasteiger partial charge in [-0.05, 0) is 33.5 Å². The summed E-state index contributed by atoms with van der Waals surface area (Å²) in [6.45, 7) is 6.91. The molecule has 0 fully saturated rings. The smallest absolute Gasteiger partial charge is 0.334 e. The van der Waals surface area contributed by atoms with E-state index in [-0.39, 0.29) is 12.2 Å². The van der Waals surface area contributed by atoms with Gasteiger partial charge in [0.2, 0.25) is 0 Å². The van der Waals surface area contributed by atoms with Crippen molar-refractivity contribution < 1.29 is 9.53 Å². The molecule has 1 aromatic carbocycles. The highest BCUT2D eigenvalue weighted by molar-refractivity contribution is 6.17. The van der Waals surface area contributed by atoms with E-state index in [1.807, 2.05) is 44.4 Å². The van der Waals surface area contributed by atoms with Gasteiger partial charge in [-0.15, -0.1) is 11.6 Å². The number of hydrogen-bond acceptors (Lipinski definition) is 3. The third-order valence-electron chi connectivity index (χ3n) is 2.35. The molecule has 1 atom stereocenters. The molecule has 0 radical (unpaired) electrons. The summed E-state index contributed by atoms with van der Waals surface area (Å²) in [6.07, 6.45) is -0.195. The van der Waals surface area contributed by atoms with Crippen LogP contribution in [0.2, 0.25) is 0 Å². The molecule has 0 aliphatic heterocycles. The Bertz CT molecular complexity index is 390. The number of ether oxygens (including phenoxy) is 1. The second-order valence-corrected chi connectivity index (χ2v) is 4.64. The van der Waals surface area contributed by atoms with Gasteiger partial charge in [0.15, 0.2) is 6.23 Å². The standard InChI is InChI=1S/C8H15NO2.C7H7Cl/c1-6(2)8(10)11-7(3)9(4)5;8-6-7-4-2-1-3-5-7/h7H,1H2,2-5H3;1-5H,6H2. The number of benzene rings is 1. The molecule has 0 aromatic heterocycles. The highest BCUT2D eigenvalue weighted by atomic mass is 35.5. The summed E-state index contributed by atoms with van der Waals surface area (Å²) in [5.74, 6) is 0.270. The van der Waals surface area contributed by atoms with Crippen molar-refractivity contribution in [2.24, 2.45) is 0 Å². The van der Waals surface area contributed by atoms with Crippen LogP contribution in [0.15, 0.2) is 42.5 Å². The predicted molar refractivity (Wildman–Crippen MR) is 80.1 cm³/mol. The van der Waals surface area contributed by atoms with Crippen molar-refractivity contribution in [1.82, 2.24) is 4.90 Å². The van der Waals surface area contributed by atoms with Crippen LogP contribution in [0.1, 0.15) is 19.4 Å². The van der Waals surface area contributed by atoms with Crippen LogP contribution in [0.3, 0.4) is 0 Å². The summed E-state index contributed by atoms with van der Waals surface area (Å²) in [4.78, 5) is 12.7. The average Bonchev–Trinajstić information content (AvgIpc) is 2.40. The summed E-state index contributed by atoms with van der Waals surface area (Å²) < 4.78 is 4.96. The minimum absolute atomic E-state index is 0.195. The lowest BCUT2D eigenvalue weighted by atomic mass is 10.2. The van der Waals surface area contributed by atoms with Gasteiger partial charge in [-0.2, -0.15) is 0 Å². The van der Waals surface area contributed by atoms with Crippen molar-refractivity contribution in [3.05, 3.63) is 48.0 Å². The Balaban J connectivity index is 0.000000356. The first-order valence-electron chi connectivity index (χ1n) is 6.01. The molecule has 19 heavy (non-hydrogen) atoms. The number of carbonyl (C=O) groups is 1. The fourth-order valence-electron chi connectivity index (χ4n) is 0.928. The molecule has 1 unspecified atom stereocenters. The Morgan fingerprint density at radius 2 is 1.89 bits per heavy atom. The van der Waals surface area contributed by atoms with Gasteiger partial charge >= 0.3 is 5.97 Å². The minimum atomic E-state index is -0.341. The van der Waals surface area contributed by atoms with Gasteiger partial charge in [-0.25, -0.2) is 4.79 Å². The molecule has 0 spiro atoms. The third-order valence-corrected chi connectivity index (χ3v) is 2.66. The largest absolute Gasteiger partial charge is 0.443 e. The molecule has 1 aromatic rings. The molecular weight excluding hydrogens is 262 g/mol. The summed E-state index contributed by atoms with van der Waals surface area (Å²) in [6, 6.07) is 9.96. The third kappa shape index (κ3) is 8.41. The quantitative estimate of drug-likeness (QED) is 0.367. The van der Waals surface area contributed by atoms with E-state index in [0.29, 0.717) is 11.5 Å². The first kappa shape index (κ1) is 17.7. The molecule has 1 rings (SSSR count). The van der Waals surface area contributed by atoms with E-state index in [9.17, 15) is 4.79 Å². The Hall–Kier alpha value is -1.32. The van der Waals surface area contributed by atoms with Crippen molar-refractivity contribution in [2.45, 2.75) is 26.0 Å². The van der Waals surface area contributed by atoms with Crippen molar-refractivity contribution in [2.75, 3.05) is 14.1 Å². The molecule has 0 saturated carbocycles. The van der Waals surface area contributed by atoms with E-state index >= 15 is 0 Å². The average molecular weight is 284 g/mol. The molecule has 0 heterocycles. The molecular formula is C15H22ClNO2. The van der Waals surface area contributed by atoms with Gasteiger partial charge < -0.3 is 4.74 Å². The molecule has 0 amide bonds. The van der Waals surface area contributed by atoms with E-state index in [0.717, 1.165) is 0 Å². The van der Waals surface area contributed by atoms with E-state index in [1.54, 1.807) is 18.7 Å². The fraction of sp³-hybridized carbons (Fsp3) is 0.400. The normalized spacial score (nSPS) is 11.3. The number of hydrogen-bond donors (Lipinski definition) is 0. The van der Waals surface area contributed by atoms with E-state index in [1.165, 1.54) is 5.56 Å². The van der Waals surface area contributed by atoms with Gasteiger partial charge in [0, 0.05) is 11.5 Å². The summed E-state index contributed by atoms with van der Waals surface area (Å²) >= 11 is 5.53. The van der Waals surface area contributed by atoms with Gasteiger partial charge in [0.05, 0.1) is 0 Å². The molecule has 0 saturated heterocycles. The lowest BCUT2D eigenvalue weighted by Gasteiger charge is -2.19. The summed E-state index contributed by atoms with van der Waals surface area (Å²) in [5.41, 5.74) is 1.60. The van der Waals surface area contributed by atoms with Gasteiger partial charge in [0.25, 0.3) is 0 Å². The predicted octanol–water partition coefficient (Wildman–Crippen LogP) is 3.44. The second-order valence-electron chi connectivity index (χ2n) is 4.37. The molecule has 3 nitrogen and oxygen atoms in total. The molecule has 0 aliphatic carbocycles. The zero-order valence-corrected chi connectivity index (χ0v) is 12.8. The topological polar surface area (TPSA) is 29.5 Å². The fourth-order valence-corrected chi connectivity index (χ4v) is 1.11. The highest BCUT2D eigenvalue weighted by Crippen LogP contribution is 2.00. The second kappa shape index (κ2) is 9.59. The summed E-state index contributed by atoms with van der Waals surface area (Å²) in [7, 11) is 3.69. The molecule has 0 aliphatic rings. The molecule has 0 N–H and O–H groups in total. The molecule has 106 valence electrons. The monoisotopic (exact) mass is 283 g/mol. The lowest BCUT2D eigenvalue weighted by Crippen LogP contribution is -2.30. The van der Waals surface area contributed by atoms with Gasteiger partial charge in [0.1, 0.15) is 0 Å². The number of rotatable bonds is 4. The van der Waals surface area contributed by atoms with E-state index in [4.69, 9.17) is 16.3 Å². The van der Waals surface area contributed by atoms with Crippen LogP contribution in [0.25, 0.3) is 0 Å². The number of esters is 1. The minimum Gasteiger partial charge on any atom is -0.443 e. The van der Waals surface area contributed by atoms with E-state index in [2.05, 4.69) is 6.58 Å². The highest BCUT2D eigenvalue weighted by Gasteiger charge is 2.10. The molecule has 4 heteroatoms. The first-order chi connectivity index (χ1) is 8.88. The van der Waals surface area contributed by atoms with Crippen LogP contribution in [0.5, 0.6) is 0 Å². The SMILES string of the molecule is C=C(C)C(=O)OC(C)N(C)C.ClCc1ccccc1. The number of halogens is 1. The van der Waals surface area contributed by atoms with Crippen LogP contribution < -0.4 is 0 Å². The molecule has 0 bridgehead atoms. The van der Waals surface area contributed by atoms with E-state index < -0.39 is 0 Å². The maximum Gasteiger partial charge on any atom is 0.334 e. The Morgan fingerprint density at radius 3 is 2.21 bits per heavy atom. The zero-order chi connectivity index (χ0) is 14.8. The van der Waals surface area contributed by atoms with Crippen molar-refractivity contribution in [1.29, 1.82) is 0 Å². The van der Waals surface area contributed by atoms with Crippen LogP contribution in [0, 0.1) is 0 Å². The zero-order valence-electron chi connectivity index (χ0n) is 12.0. The van der Waals surface area contributed by atoms with Crippen LogP contribution in [-0.2, 0) is 15.4 Å². The number of carbonyl (C=O) groups excluding carboxylic acids is 1. The van der Waals surface area contributed by atoms with Crippen LogP contribution in [0.4, 0.5) is 0 Å². The van der Waals surface area contributed by atoms with Crippen LogP contribution >= 0.6 is 11.6 Å². The van der Waals surface area contributed by atoms with Crippen molar-refractivity contribution in [3.8, 4) is 0 Å². The summed E-state index contributed by atoms with van der Waals surface area (Å²) in [5, 5.41) is 0. The Kier molecular flexibility index (Phi) is 8.92.